The maximum Gasteiger partial charge on any atom is 0.173 e. The molecular weight excluding hydrogens is 254 g/mol. The maximum atomic E-state index is 9.65. The number of nitrogens with two attached hydrogens (primary N) is 1. The average molecular weight is 265 g/mol. The van der Waals surface area contributed by atoms with Gasteiger partial charge in [-0.15, -0.1) is 6.42 Å². The van der Waals surface area contributed by atoms with Crippen molar-refractivity contribution in [2.45, 2.75) is 6.10 Å². The number of hydrogen-bond acceptors (Lipinski definition) is 4. The lowest BCUT2D eigenvalue weighted by molar-refractivity contribution is 0.186. The zero-order chi connectivity index (χ0) is 15.0. The molecule has 0 saturated carbocycles. The molecule has 1 aromatic carbocycles. The second-order valence-electron chi connectivity index (χ2n) is 3.58. The van der Waals surface area contributed by atoms with Crippen molar-refractivity contribution in [2.24, 2.45) is 5.73 Å². The summed E-state index contributed by atoms with van der Waals surface area (Å²) in [5, 5.41) is 28.8. The molecule has 20 heavy (non-hydrogen) atoms. The lowest BCUT2D eigenvalue weighted by Gasteiger charge is -2.10. The van der Waals surface area contributed by atoms with E-state index in [4.69, 9.17) is 12.2 Å². The van der Waals surface area contributed by atoms with Gasteiger partial charge in [0.2, 0.25) is 0 Å². The molecule has 5 N–H and O–H groups in total. The number of aliphatic hydroxyl groups is 1. The van der Waals surface area contributed by atoms with Crippen molar-refractivity contribution < 1.29 is 15.3 Å². The van der Waals surface area contributed by atoms with E-state index in [9.17, 15) is 15.3 Å². The Labute approximate surface area is 117 Å². The molecule has 4 nitrogen and oxygen atoms in total. The van der Waals surface area contributed by atoms with Gasteiger partial charge in [-0.3, -0.25) is 0 Å². The Morgan fingerprint density at radius 3 is 2.40 bits per heavy atom. The van der Waals surface area contributed by atoms with Gasteiger partial charge in [0.15, 0.2) is 11.5 Å². The summed E-state index contributed by atoms with van der Waals surface area (Å²) >= 11 is 0. The lowest BCUT2D eigenvalue weighted by atomic mass is 10.0. The van der Waals surface area contributed by atoms with Gasteiger partial charge in [0.05, 0.1) is 11.7 Å². The summed E-state index contributed by atoms with van der Waals surface area (Å²) in [6, 6.07) is 2.65. The summed E-state index contributed by atoms with van der Waals surface area (Å²) in [5.41, 5.74) is 5.81. The van der Waals surface area contributed by atoms with E-state index in [0.717, 1.165) is 0 Å². The highest BCUT2D eigenvalue weighted by Gasteiger charge is 2.12. The molecule has 1 atom stereocenters. The summed E-state index contributed by atoms with van der Waals surface area (Å²) in [7, 11) is 0. The van der Waals surface area contributed by atoms with Crippen molar-refractivity contribution in [3.8, 4) is 59.4 Å². The zero-order valence-electron chi connectivity index (χ0n) is 10.4. The van der Waals surface area contributed by atoms with E-state index in [0.29, 0.717) is 5.56 Å². The Hall–Kier alpha value is -3.02. The quantitative estimate of drug-likeness (QED) is 0.450. The first kappa shape index (κ1) is 15.0. The third-order valence-electron chi connectivity index (χ3n) is 2.24. The number of aliphatic hydroxyl groups excluding tert-OH is 1. The van der Waals surface area contributed by atoms with Crippen molar-refractivity contribution >= 4 is 0 Å². The highest BCUT2D eigenvalue weighted by Crippen LogP contribution is 2.31. The second-order valence-corrected chi connectivity index (χ2v) is 3.58. The van der Waals surface area contributed by atoms with Crippen LogP contribution in [0.5, 0.6) is 11.5 Å². The lowest BCUT2D eigenvalue weighted by Crippen LogP contribution is -2.11. The van der Waals surface area contributed by atoms with Gasteiger partial charge in [-0.1, -0.05) is 0 Å². The van der Waals surface area contributed by atoms with Crippen molar-refractivity contribution in [2.75, 3.05) is 6.54 Å². The topological polar surface area (TPSA) is 86.7 Å². The summed E-state index contributed by atoms with van der Waals surface area (Å²) in [6.07, 6.45) is 3.96. The first-order valence-corrected chi connectivity index (χ1v) is 5.50. The molecule has 0 aliphatic rings. The van der Waals surface area contributed by atoms with Crippen LogP contribution in [-0.2, 0) is 0 Å². The van der Waals surface area contributed by atoms with E-state index in [1.807, 2.05) is 0 Å². The van der Waals surface area contributed by atoms with Crippen LogP contribution < -0.4 is 5.73 Å². The summed E-state index contributed by atoms with van der Waals surface area (Å²) in [5.74, 6) is 15.8. The number of phenolic OH excluding ortho intramolecular Hbond substituents is 2. The molecule has 0 spiro atoms. The normalized spacial score (nSPS) is 9.65. The van der Waals surface area contributed by atoms with Gasteiger partial charge in [0, 0.05) is 6.54 Å². The van der Waals surface area contributed by atoms with Crippen LogP contribution in [0.15, 0.2) is 12.1 Å². The fourth-order valence-corrected chi connectivity index (χ4v) is 1.29. The van der Waals surface area contributed by atoms with Gasteiger partial charge in [0.25, 0.3) is 0 Å². The molecule has 0 heterocycles. The Balaban J connectivity index is 3.12. The highest BCUT2D eigenvalue weighted by molar-refractivity contribution is 5.57. The van der Waals surface area contributed by atoms with Gasteiger partial charge in [0.1, 0.15) is 0 Å². The zero-order valence-corrected chi connectivity index (χ0v) is 10.4. The van der Waals surface area contributed by atoms with E-state index >= 15 is 0 Å². The summed E-state index contributed by atoms with van der Waals surface area (Å²) in [4.78, 5) is 0. The fourth-order valence-electron chi connectivity index (χ4n) is 1.29. The van der Waals surface area contributed by atoms with Crippen LogP contribution in [-0.4, -0.2) is 21.9 Å². The first-order chi connectivity index (χ1) is 9.60. The maximum absolute atomic E-state index is 9.65. The molecule has 0 bridgehead atoms. The van der Waals surface area contributed by atoms with E-state index in [2.05, 4.69) is 41.4 Å². The Bertz CT molecular complexity index is 725. The molecule has 0 aliphatic carbocycles. The molecule has 0 fully saturated rings. The molecule has 98 valence electrons. The number of aromatic hydroxyl groups is 2. The Kier molecular flexibility index (Phi) is 5.58. The van der Waals surface area contributed by atoms with Crippen molar-refractivity contribution in [1.82, 2.24) is 0 Å². The predicted molar refractivity (Wildman–Crippen MR) is 75.0 cm³/mol. The van der Waals surface area contributed by atoms with Crippen LogP contribution in [0.25, 0.3) is 0 Å². The predicted octanol–water partition coefficient (Wildman–Crippen LogP) is 0.0814. The molecule has 0 saturated heterocycles. The van der Waals surface area contributed by atoms with E-state index in [1.165, 1.54) is 12.1 Å². The van der Waals surface area contributed by atoms with Crippen LogP contribution in [0.3, 0.4) is 0 Å². The van der Waals surface area contributed by atoms with E-state index in [-0.39, 0.29) is 23.6 Å². The molecule has 0 aliphatic heterocycles. The Morgan fingerprint density at radius 2 is 1.75 bits per heavy atom. The first-order valence-electron chi connectivity index (χ1n) is 5.50. The van der Waals surface area contributed by atoms with Crippen molar-refractivity contribution in [3.63, 3.8) is 0 Å². The van der Waals surface area contributed by atoms with Gasteiger partial charge >= 0.3 is 0 Å². The minimum atomic E-state index is -0.949. The third-order valence-corrected chi connectivity index (χ3v) is 2.24. The second kappa shape index (κ2) is 7.42. The molecule has 0 amide bonds. The molecule has 1 rings (SSSR count). The van der Waals surface area contributed by atoms with Crippen molar-refractivity contribution in [1.29, 1.82) is 0 Å². The number of hydrogen-bond donors (Lipinski definition) is 4. The van der Waals surface area contributed by atoms with E-state index < -0.39 is 6.10 Å². The number of terminal acetylenes is 1. The molecular formula is C16H11NO3. The molecule has 4 heteroatoms. The number of rotatable bonds is 2. The fraction of sp³-hybridized carbons (Fsp3) is 0.125. The molecule has 0 aromatic heterocycles. The van der Waals surface area contributed by atoms with Gasteiger partial charge in [-0.05, 0) is 59.1 Å². The molecule has 1 aromatic rings. The van der Waals surface area contributed by atoms with Crippen molar-refractivity contribution in [3.05, 3.63) is 23.3 Å². The van der Waals surface area contributed by atoms with Crippen LogP contribution in [0, 0.1) is 47.9 Å². The molecule has 0 radical (unpaired) electrons. The highest BCUT2D eigenvalue weighted by atomic mass is 16.3. The van der Waals surface area contributed by atoms with Crippen LogP contribution in [0.2, 0.25) is 0 Å². The SMILES string of the molecule is C#CC#CC#CC#Cc1cc(C(O)CN)cc(O)c1O. The summed E-state index contributed by atoms with van der Waals surface area (Å²) in [6.45, 7) is -0.0153. The Morgan fingerprint density at radius 1 is 1.10 bits per heavy atom. The van der Waals surface area contributed by atoms with Gasteiger partial charge < -0.3 is 21.1 Å². The number of phenols is 2. The average Bonchev–Trinajstić information content (AvgIpc) is 2.45. The van der Waals surface area contributed by atoms with Crippen LogP contribution in [0.4, 0.5) is 0 Å². The largest absolute Gasteiger partial charge is 0.504 e. The summed E-state index contributed by atoms with van der Waals surface area (Å²) < 4.78 is 0. The minimum Gasteiger partial charge on any atom is -0.504 e. The van der Waals surface area contributed by atoms with Crippen LogP contribution in [0.1, 0.15) is 17.2 Å². The van der Waals surface area contributed by atoms with Crippen LogP contribution >= 0.6 is 0 Å². The molecule has 1 unspecified atom stereocenters. The standard InChI is InChI=1S/C16H11NO3/c1-2-3-4-5-6-7-8-12-9-13(15(19)11-17)10-14(18)16(12)20/h1,9-10,15,18-20H,11,17H2. The third kappa shape index (κ3) is 4.02. The monoisotopic (exact) mass is 265 g/mol. The van der Waals surface area contributed by atoms with Gasteiger partial charge in [-0.25, -0.2) is 0 Å². The number of benzene rings is 1. The van der Waals surface area contributed by atoms with Gasteiger partial charge in [-0.2, -0.15) is 0 Å². The minimum absolute atomic E-state index is 0.0153. The van der Waals surface area contributed by atoms with E-state index in [1.54, 1.807) is 0 Å². The smallest absolute Gasteiger partial charge is 0.173 e.